The molecule has 1 aromatic rings. The average Bonchev–Trinajstić information content (AvgIpc) is 2.35. The number of carbonyl (C=O) groups excluding carboxylic acids is 1. The third-order valence-electron chi connectivity index (χ3n) is 2.06. The van der Waals surface area contributed by atoms with Gasteiger partial charge >= 0.3 is 0 Å². The van der Waals surface area contributed by atoms with Crippen molar-refractivity contribution >= 4 is 44.1 Å². The van der Waals surface area contributed by atoms with Crippen LogP contribution in [0.2, 0.25) is 0 Å². The number of methoxy groups -OCH3 is 1. The number of allylic oxidation sites excluding steroid dienone is 1. The zero-order valence-electron chi connectivity index (χ0n) is 8.87. The van der Waals surface area contributed by atoms with Gasteiger partial charge in [0.05, 0.1) is 7.11 Å². The van der Waals surface area contributed by atoms with Gasteiger partial charge in [0.1, 0.15) is 12.0 Å². The Morgan fingerprint density at radius 2 is 2.06 bits per heavy atom. The summed E-state index contributed by atoms with van der Waals surface area (Å²) in [6.07, 6.45) is 1.93. The summed E-state index contributed by atoms with van der Waals surface area (Å²) in [6, 6.07) is 7.67. The Kier molecular flexibility index (Phi) is 5.84. The highest BCUT2D eigenvalue weighted by molar-refractivity contribution is 14.1. The summed E-state index contributed by atoms with van der Waals surface area (Å²) in [7, 11) is 1.63. The molecule has 0 fully saturated rings. The van der Waals surface area contributed by atoms with Crippen molar-refractivity contribution in [2.45, 2.75) is 12.8 Å². The zero-order chi connectivity index (χ0) is 12.0. The van der Waals surface area contributed by atoms with Crippen LogP contribution in [0.3, 0.4) is 0 Å². The van der Waals surface area contributed by atoms with E-state index in [1.54, 1.807) is 7.11 Å². The molecule has 1 aromatic carbocycles. The molecule has 2 nitrogen and oxygen atoms in total. The largest absolute Gasteiger partial charge is 0.497 e. The first-order valence-electron chi connectivity index (χ1n) is 4.81. The Hall–Kier alpha value is -0.550. The lowest BCUT2D eigenvalue weighted by Gasteiger charge is -2.05. The molecule has 0 saturated carbocycles. The van der Waals surface area contributed by atoms with Crippen molar-refractivity contribution in [2.24, 2.45) is 0 Å². The van der Waals surface area contributed by atoms with E-state index in [-0.39, 0.29) is 0 Å². The molecule has 16 heavy (non-hydrogen) atoms. The van der Waals surface area contributed by atoms with E-state index in [0.29, 0.717) is 12.8 Å². The van der Waals surface area contributed by atoms with Crippen LogP contribution < -0.4 is 4.74 Å². The molecule has 0 radical (unpaired) electrons. The first-order valence-corrected chi connectivity index (χ1v) is 6.27. The highest BCUT2D eigenvalue weighted by atomic mass is 127. The number of hydrogen-bond donors (Lipinski definition) is 0. The number of rotatable bonds is 5. The van der Waals surface area contributed by atoms with Crippen LogP contribution in [0.25, 0.3) is 3.58 Å². The molecule has 0 atom stereocenters. The molecule has 0 aliphatic carbocycles. The number of ether oxygens (including phenoxy) is 1. The van der Waals surface area contributed by atoms with Gasteiger partial charge in [-0.25, -0.2) is 0 Å². The summed E-state index contributed by atoms with van der Waals surface area (Å²) in [5.74, 6) is 0.817. The second-order valence-corrected chi connectivity index (χ2v) is 4.69. The van der Waals surface area contributed by atoms with Gasteiger partial charge in [0.2, 0.25) is 0 Å². The van der Waals surface area contributed by atoms with E-state index in [0.717, 1.165) is 26.2 Å². The van der Waals surface area contributed by atoms with E-state index in [4.69, 9.17) is 16.3 Å². The molecular weight excluding hydrogens is 338 g/mol. The van der Waals surface area contributed by atoms with Crippen LogP contribution in [0.5, 0.6) is 5.75 Å². The summed E-state index contributed by atoms with van der Waals surface area (Å²) in [6.45, 7) is 0. The number of halogens is 2. The Balaban J connectivity index is 2.85. The summed E-state index contributed by atoms with van der Waals surface area (Å²) in [4.78, 5) is 10.3. The van der Waals surface area contributed by atoms with E-state index in [1.165, 1.54) is 0 Å². The predicted molar refractivity (Wildman–Crippen MR) is 75.1 cm³/mol. The van der Waals surface area contributed by atoms with Gasteiger partial charge in [-0.2, -0.15) is 0 Å². The third kappa shape index (κ3) is 3.79. The Bertz CT molecular complexity index is 385. The molecule has 86 valence electrons. The minimum atomic E-state index is 0.460. The predicted octanol–water partition coefficient (Wildman–Crippen LogP) is 4.02. The summed E-state index contributed by atoms with van der Waals surface area (Å²) >= 11 is 8.29. The molecule has 0 aliphatic heterocycles. The summed E-state index contributed by atoms with van der Waals surface area (Å²) in [5, 5.41) is 0.720. The van der Waals surface area contributed by atoms with Crippen molar-refractivity contribution in [3.8, 4) is 5.75 Å². The van der Waals surface area contributed by atoms with E-state index in [1.807, 2.05) is 24.3 Å². The monoisotopic (exact) mass is 350 g/mol. The normalized spacial score (nSPS) is 11.9. The van der Waals surface area contributed by atoms with Crippen molar-refractivity contribution in [3.63, 3.8) is 0 Å². The fourth-order valence-electron chi connectivity index (χ4n) is 1.19. The van der Waals surface area contributed by atoms with Crippen LogP contribution in [0.1, 0.15) is 18.4 Å². The number of hydrogen-bond acceptors (Lipinski definition) is 2. The quantitative estimate of drug-likeness (QED) is 0.592. The highest BCUT2D eigenvalue weighted by Gasteiger charge is 2.04. The number of carbonyl (C=O) groups is 1. The number of benzene rings is 1. The maximum absolute atomic E-state index is 10.3. The number of aldehydes is 1. The molecule has 0 amide bonds. The SMILES string of the molecule is COc1ccc(/C(I)=C(/Cl)CCC=O)cc1. The van der Waals surface area contributed by atoms with Crippen molar-refractivity contribution in [2.75, 3.05) is 7.11 Å². The molecule has 0 aliphatic rings. The minimum Gasteiger partial charge on any atom is -0.497 e. The van der Waals surface area contributed by atoms with Crippen LogP contribution in [-0.4, -0.2) is 13.4 Å². The molecule has 0 aromatic heterocycles. The van der Waals surface area contributed by atoms with Crippen molar-refractivity contribution in [3.05, 3.63) is 34.9 Å². The molecule has 0 bridgehead atoms. The first kappa shape index (κ1) is 13.5. The van der Waals surface area contributed by atoms with Gasteiger partial charge in [-0.15, -0.1) is 0 Å². The van der Waals surface area contributed by atoms with Gasteiger partial charge in [0.25, 0.3) is 0 Å². The van der Waals surface area contributed by atoms with E-state index >= 15 is 0 Å². The van der Waals surface area contributed by atoms with Crippen LogP contribution in [0.4, 0.5) is 0 Å². The Morgan fingerprint density at radius 3 is 2.56 bits per heavy atom. The van der Waals surface area contributed by atoms with Crippen molar-refractivity contribution < 1.29 is 9.53 Å². The molecule has 0 spiro atoms. The van der Waals surface area contributed by atoms with Crippen LogP contribution in [0, 0.1) is 0 Å². The molecule has 4 heteroatoms. The molecule has 0 N–H and O–H groups in total. The maximum atomic E-state index is 10.3. The summed E-state index contributed by atoms with van der Waals surface area (Å²) < 4.78 is 6.05. The topological polar surface area (TPSA) is 26.3 Å². The van der Waals surface area contributed by atoms with Crippen LogP contribution in [0.15, 0.2) is 29.3 Å². The van der Waals surface area contributed by atoms with Crippen LogP contribution >= 0.6 is 34.2 Å². The fraction of sp³-hybridized carbons (Fsp3) is 0.250. The Morgan fingerprint density at radius 1 is 1.44 bits per heavy atom. The smallest absolute Gasteiger partial charge is 0.120 e. The minimum absolute atomic E-state index is 0.460. The van der Waals surface area contributed by atoms with Crippen LogP contribution in [-0.2, 0) is 4.79 Å². The van der Waals surface area contributed by atoms with Gasteiger partial charge in [0, 0.05) is 15.0 Å². The highest BCUT2D eigenvalue weighted by Crippen LogP contribution is 2.31. The second kappa shape index (κ2) is 6.91. The fourth-order valence-corrected chi connectivity index (χ4v) is 2.04. The van der Waals surface area contributed by atoms with Gasteiger partial charge in [-0.1, -0.05) is 23.7 Å². The average molecular weight is 351 g/mol. The lowest BCUT2D eigenvalue weighted by Crippen LogP contribution is -1.85. The molecule has 0 unspecified atom stereocenters. The molecule has 1 rings (SSSR count). The van der Waals surface area contributed by atoms with E-state index < -0.39 is 0 Å². The standard InChI is InChI=1S/C12H12ClIO2/c1-16-10-6-4-9(5-7-10)12(14)11(13)3-2-8-15/h4-8H,2-3H2,1H3/b12-11-. The third-order valence-corrected chi connectivity index (χ3v) is 4.03. The van der Waals surface area contributed by atoms with E-state index in [9.17, 15) is 4.79 Å². The zero-order valence-corrected chi connectivity index (χ0v) is 11.8. The molecule has 0 heterocycles. The van der Waals surface area contributed by atoms with Crippen molar-refractivity contribution in [1.82, 2.24) is 0 Å². The van der Waals surface area contributed by atoms with Crippen molar-refractivity contribution in [1.29, 1.82) is 0 Å². The molecule has 0 saturated heterocycles. The second-order valence-electron chi connectivity index (χ2n) is 3.15. The van der Waals surface area contributed by atoms with Gasteiger partial charge < -0.3 is 9.53 Å². The lowest BCUT2D eigenvalue weighted by molar-refractivity contribution is -0.107. The molecular formula is C12H12ClIO2. The maximum Gasteiger partial charge on any atom is 0.120 e. The van der Waals surface area contributed by atoms with Gasteiger partial charge in [0.15, 0.2) is 0 Å². The van der Waals surface area contributed by atoms with E-state index in [2.05, 4.69) is 22.6 Å². The van der Waals surface area contributed by atoms with Gasteiger partial charge in [-0.3, -0.25) is 0 Å². The Labute approximate surface area is 114 Å². The summed E-state index contributed by atoms with van der Waals surface area (Å²) in [5.41, 5.74) is 1.04. The van der Waals surface area contributed by atoms with Gasteiger partial charge in [-0.05, 0) is 46.7 Å². The first-order chi connectivity index (χ1) is 7.69. The lowest BCUT2D eigenvalue weighted by atomic mass is 10.2.